The second kappa shape index (κ2) is 10.0. The summed E-state index contributed by atoms with van der Waals surface area (Å²) < 4.78 is 11.3. The minimum Gasteiger partial charge on any atom is -0.507 e. The monoisotopic (exact) mass is 472 g/mol. The fourth-order valence-corrected chi connectivity index (χ4v) is 4.39. The number of Topliss-reactive ketones (excluding diaryl/α,β-unsaturated/α-hetero) is 1. The molecule has 35 heavy (non-hydrogen) atoms. The summed E-state index contributed by atoms with van der Waals surface area (Å²) in [5.74, 6) is -0.829. The van der Waals surface area contributed by atoms with E-state index in [4.69, 9.17) is 9.47 Å². The third-order valence-corrected chi connectivity index (χ3v) is 5.90. The van der Waals surface area contributed by atoms with Gasteiger partial charge >= 0.3 is 0 Å². The van der Waals surface area contributed by atoms with E-state index in [-0.39, 0.29) is 11.3 Å². The van der Waals surface area contributed by atoms with Crippen molar-refractivity contribution in [2.75, 3.05) is 18.1 Å². The highest BCUT2D eigenvalue weighted by Gasteiger charge is 2.47. The maximum atomic E-state index is 13.4. The number of hydrogen-bond donors (Lipinski definition) is 1. The summed E-state index contributed by atoms with van der Waals surface area (Å²) in [5.41, 5.74) is 3.46. The number of ketones is 1. The zero-order valence-corrected chi connectivity index (χ0v) is 20.2. The van der Waals surface area contributed by atoms with Crippen LogP contribution in [0, 0.1) is 13.8 Å². The highest BCUT2D eigenvalue weighted by Crippen LogP contribution is 2.44. The van der Waals surface area contributed by atoms with Crippen LogP contribution in [0.4, 0.5) is 5.69 Å². The fourth-order valence-electron chi connectivity index (χ4n) is 4.39. The topological polar surface area (TPSA) is 89.0 Å². The lowest BCUT2D eigenvalue weighted by molar-refractivity contribution is -0.132. The lowest BCUT2D eigenvalue weighted by atomic mass is 9.95. The first-order valence-electron chi connectivity index (χ1n) is 11.6. The molecule has 0 radical (unpaired) electrons. The quantitative estimate of drug-likeness (QED) is 0.292. The van der Waals surface area contributed by atoms with Crippen molar-refractivity contribution in [1.82, 2.24) is 4.98 Å². The Bertz CT molecular complexity index is 1300. The molecule has 1 saturated heterocycles. The van der Waals surface area contributed by atoms with Crippen molar-refractivity contribution in [1.29, 1.82) is 0 Å². The van der Waals surface area contributed by atoms with Crippen molar-refractivity contribution in [3.05, 3.63) is 88.8 Å². The third-order valence-electron chi connectivity index (χ3n) is 5.90. The summed E-state index contributed by atoms with van der Waals surface area (Å²) in [6, 6.07) is 13.3. The van der Waals surface area contributed by atoms with Crippen molar-refractivity contribution in [2.45, 2.75) is 33.7 Å². The average molecular weight is 473 g/mol. The van der Waals surface area contributed by atoms with E-state index < -0.39 is 17.7 Å². The molecule has 180 valence electrons. The van der Waals surface area contributed by atoms with Gasteiger partial charge in [-0.3, -0.25) is 19.5 Å². The maximum Gasteiger partial charge on any atom is 0.300 e. The molecule has 3 aromatic rings. The Morgan fingerprint density at radius 1 is 0.971 bits per heavy atom. The molecule has 1 aliphatic heterocycles. The summed E-state index contributed by atoms with van der Waals surface area (Å²) in [7, 11) is 0. The maximum absolute atomic E-state index is 13.4. The number of carbonyl (C=O) groups is 2. The van der Waals surface area contributed by atoms with Crippen LogP contribution in [0.1, 0.15) is 42.1 Å². The van der Waals surface area contributed by atoms with Crippen LogP contribution in [0.3, 0.4) is 0 Å². The number of nitrogens with zero attached hydrogens (tertiary/aromatic N) is 2. The van der Waals surface area contributed by atoms with Crippen molar-refractivity contribution < 1.29 is 24.2 Å². The molecule has 0 saturated carbocycles. The van der Waals surface area contributed by atoms with Crippen LogP contribution >= 0.6 is 0 Å². The standard InChI is InChI=1S/C28H28N2O5/c1-5-34-20-8-9-21(23(16-20)35-6-2)26(31)24-25(19-11-13-29-14-12-19)30(28(33)27(24)32)22-10-7-17(3)15-18(22)4/h7-16,25,31H,5-6H2,1-4H3/b26-24-. The Morgan fingerprint density at radius 3 is 2.34 bits per heavy atom. The smallest absolute Gasteiger partial charge is 0.300 e. The van der Waals surface area contributed by atoms with E-state index in [9.17, 15) is 14.7 Å². The van der Waals surface area contributed by atoms with E-state index in [0.717, 1.165) is 11.1 Å². The van der Waals surface area contributed by atoms with Crippen molar-refractivity contribution >= 4 is 23.1 Å². The van der Waals surface area contributed by atoms with Crippen molar-refractivity contribution in [2.24, 2.45) is 0 Å². The molecule has 0 bridgehead atoms. The van der Waals surface area contributed by atoms with E-state index in [2.05, 4.69) is 4.98 Å². The number of aryl methyl sites for hydroxylation is 2. The van der Waals surface area contributed by atoms with E-state index in [0.29, 0.717) is 41.5 Å². The molecule has 1 N–H and O–H groups in total. The highest BCUT2D eigenvalue weighted by molar-refractivity contribution is 6.51. The number of aliphatic hydroxyl groups is 1. The predicted octanol–water partition coefficient (Wildman–Crippen LogP) is 5.12. The number of benzene rings is 2. The molecule has 1 amide bonds. The number of ether oxygens (including phenoxy) is 2. The third kappa shape index (κ3) is 4.49. The summed E-state index contributed by atoms with van der Waals surface area (Å²) in [6.45, 7) is 8.38. The molecule has 0 spiro atoms. The van der Waals surface area contributed by atoms with Gasteiger partial charge in [0.1, 0.15) is 17.3 Å². The van der Waals surface area contributed by atoms with Crippen LogP contribution in [0.25, 0.3) is 5.76 Å². The van der Waals surface area contributed by atoms with Crippen molar-refractivity contribution in [3.8, 4) is 11.5 Å². The van der Waals surface area contributed by atoms with Crippen molar-refractivity contribution in [3.63, 3.8) is 0 Å². The van der Waals surface area contributed by atoms with Crippen LogP contribution in [0.2, 0.25) is 0 Å². The molecule has 1 atom stereocenters. The molecule has 1 aromatic heterocycles. The molecule has 1 aliphatic rings. The summed E-state index contributed by atoms with van der Waals surface area (Å²) in [4.78, 5) is 32.3. The van der Waals surface area contributed by atoms with Crippen LogP contribution < -0.4 is 14.4 Å². The highest BCUT2D eigenvalue weighted by atomic mass is 16.5. The summed E-state index contributed by atoms with van der Waals surface area (Å²) in [5, 5.41) is 11.5. The molecule has 7 nitrogen and oxygen atoms in total. The molecule has 1 unspecified atom stereocenters. The van der Waals surface area contributed by atoms with E-state index in [1.165, 1.54) is 4.90 Å². The second-order valence-electron chi connectivity index (χ2n) is 8.26. The SMILES string of the molecule is CCOc1ccc(/C(O)=C2/C(=O)C(=O)N(c3ccc(C)cc3C)C2c2ccncc2)c(OCC)c1. The van der Waals surface area contributed by atoms with Gasteiger partial charge in [-0.25, -0.2) is 0 Å². The molecule has 2 heterocycles. The van der Waals surface area contributed by atoms with E-state index in [1.54, 1.807) is 42.7 Å². The van der Waals surface area contributed by atoms with Gasteiger partial charge in [-0.2, -0.15) is 0 Å². The number of aromatic nitrogens is 1. The minimum atomic E-state index is -0.833. The normalized spacial score (nSPS) is 17.0. The van der Waals surface area contributed by atoms with Gasteiger partial charge in [0.25, 0.3) is 11.7 Å². The zero-order chi connectivity index (χ0) is 25.1. The first-order chi connectivity index (χ1) is 16.9. The summed E-state index contributed by atoms with van der Waals surface area (Å²) in [6.07, 6.45) is 3.19. The van der Waals surface area contributed by atoms with E-state index >= 15 is 0 Å². The van der Waals surface area contributed by atoms with Gasteiger partial charge in [-0.05, 0) is 69.2 Å². The molecule has 4 rings (SSSR count). The number of pyridine rings is 1. The number of aliphatic hydroxyl groups excluding tert-OH is 1. The predicted molar refractivity (Wildman–Crippen MR) is 134 cm³/mol. The Hall–Kier alpha value is -4.13. The Kier molecular flexibility index (Phi) is 6.87. The molecule has 1 fully saturated rings. The lowest BCUT2D eigenvalue weighted by Crippen LogP contribution is -2.30. The van der Waals surface area contributed by atoms with Gasteiger partial charge < -0.3 is 14.6 Å². The number of anilines is 1. The van der Waals surface area contributed by atoms with Crippen LogP contribution in [-0.2, 0) is 9.59 Å². The van der Waals surface area contributed by atoms with Gasteiger partial charge in [-0.1, -0.05) is 17.7 Å². The van der Waals surface area contributed by atoms with Gasteiger partial charge in [0.15, 0.2) is 0 Å². The van der Waals surface area contributed by atoms with Crippen LogP contribution in [-0.4, -0.2) is 35.0 Å². The minimum absolute atomic E-state index is 0.00807. The van der Waals surface area contributed by atoms with Gasteiger partial charge in [0.05, 0.1) is 30.4 Å². The largest absolute Gasteiger partial charge is 0.507 e. The number of amides is 1. The lowest BCUT2D eigenvalue weighted by Gasteiger charge is -2.27. The molecule has 0 aliphatic carbocycles. The first kappa shape index (κ1) is 24.0. The Balaban J connectivity index is 1.95. The molecule has 7 heteroatoms. The number of carbonyl (C=O) groups excluding carboxylic acids is 2. The molecule has 2 aromatic carbocycles. The van der Waals surface area contributed by atoms with Gasteiger partial charge in [-0.15, -0.1) is 0 Å². The molecular weight excluding hydrogens is 444 g/mol. The van der Waals surface area contributed by atoms with Gasteiger partial charge in [0, 0.05) is 24.1 Å². The van der Waals surface area contributed by atoms with Crippen LogP contribution in [0.5, 0.6) is 11.5 Å². The Morgan fingerprint density at radius 2 is 1.69 bits per heavy atom. The number of hydrogen-bond acceptors (Lipinski definition) is 6. The summed E-state index contributed by atoms with van der Waals surface area (Å²) >= 11 is 0. The van der Waals surface area contributed by atoms with Crippen LogP contribution in [0.15, 0.2) is 66.5 Å². The molecular formula is C28H28N2O5. The fraction of sp³-hybridized carbons (Fsp3) is 0.250. The number of rotatable bonds is 7. The van der Waals surface area contributed by atoms with E-state index in [1.807, 2.05) is 45.9 Å². The zero-order valence-electron chi connectivity index (χ0n) is 20.2. The van der Waals surface area contributed by atoms with Gasteiger partial charge in [0.2, 0.25) is 0 Å². The Labute approximate surface area is 204 Å². The average Bonchev–Trinajstić information content (AvgIpc) is 3.10. The first-order valence-corrected chi connectivity index (χ1v) is 11.6. The second-order valence-corrected chi connectivity index (χ2v) is 8.26.